The number of anilines is 1. The van der Waals surface area contributed by atoms with Gasteiger partial charge in [0.15, 0.2) is 0 Å². The SMILES string of the molecule is CCOc1ccc(CC(=O)N2CC[C@H]3[C@@H]2CCN3c2nnc(C)s2)cc1. The van der Waals surface area contributed by atoms with Crippen molar-refractivity contribution in [2.45, 2.75) is 45.2 Å². The first kappa shape index (κ1) is 17.3. The number of nitrogens with zero attached hydrogens (tertiary/aromatic N) is 4. The van der Waals surface area contributed by atoms with Gasteiger partial charge in [-0.2, -0.15) is 0 Å². The van der Waals surface area contributed by atoms with Crippen LogP contribution >= 0.6 is 11.3 Å². The van der Waals surface area contributed by atoms with E-state index in [1.54, 1.807) is 11.3 Å². The number of likely N-dealkylation sites (tertiary alicyclic amines) is 1. The summed E-state index contributed by atoms with van der Waals surface area (Å²) in [7, 11) is 0. The molecule has 0 radical (unpaired) electrons. The molecule has 4 rings (SSSR count). The number of amides is 1. The Morgan fingerprint density at radius 3 is 2.65 bits per heavy atom. The van der Waals surface area contributed by atoms with Gasteiger partial charge in [0.1, 0.15) is 10.8 Å². The van der Waals surface area contributed by atoms with Gasteiger partial charge in [-0.3, -0.25) is 4.79 Å². The minimum absolute atomic E-state index is 0.219. The van der Waals surface area contributed by atoms with Gasteiger partial charge in [0.05, 0.1) is 25.1 Å². The number of rotatable bonds is 5. The number of fused-ring (bicyclic) bond motifs is 1. The lowest BCUT2D eigenvalue weighted by Crippen LogP contribution is -2.40. The zero-order chi connectivity index (χ0) is 18.1. The van der Waals surface area contributed by atoms with Crippen LogP contribution in [-0.4, -0.2) is 52.8 Å². The van der Waals surface area contributed by atoms with Crippen molar-refractivity contribution >= 4 is 22.4 Å². The summed E-state index contributed by atoms with van der Waals surface area (Å²) < 4.78 is 5.47. The van der Waals surface area contributed by atoms with Crippen molar-refractivity contribution in [3.05, 3.63) is 34.8 Å². The molecule has 3 heterocycles. The summed E-state index contributed by atoms with van der Waals surface area (Å²) in [5.74, 6) is 1.07. The van der Waals surface area contributed by atoms with Crippen LogP contribution in [0.15, 0.2) is 24.3 Å². The predicted molar refractivity (Wildman–Crippen MR) is 102 cm³/mol. The fourth-order valence-electron chi connectivity index (χ4n) is 4.08. The van der Waals surface area contributed by atoms with E-state index in [0.29, 0.717) is 25.1 Å². The van der Waals surface area contributed by atoms with Gasteiger partial charge < -0.3 is 14.5 Å². The molecule has 2 aliphatic rings. The van der Waals surface area contributed by atoms with E-state index < -0.39 is 0 Å². The molecule has 0 aliphatic carbocycles. The van der Waals surface area contributed by atoms with Crippen LogP contribution in [0.25, 0.3) is 0 Å². The molecule has 0 unspecified atom stereocenters. The van der Waals surface area contributed by atoms with E-state index in [1.807, 2.05) is 38.1 Å². The molecular formula is C19H24N4O2S. The summed E-state index contributed by atoms with van der Waals surface area (Å²) in [5.41, 5.74) is 1.04. The van der Waals surface area contributed by atoms with E-state index in [2.05, 4.69) is 20.0 Å². The molecule has 0 bridgehead atoms. The molecule has 2 atom stereocenters. The smallest absolute Gasteiger partial charge is 0.227 e. The van der Waals surface area contributed by atoms with Crippen LogP contribution in [0.3, 0.4) is 0 Å². The predicted octanol–water partition coefficient (Wildman–Crippen LogP) is 2.67. The van der Waals surface area contributed by atoms with Crippen LogP contribution in [0.1, 0.15) is 30.3 Å². The quantitative estimate of drug-likeness (QED) is 0.808. The molecule has 138 valence electrons. The van der Waals surface area contributed by atoms with Crippen molar-refractivity contribution in [2.75, 3.05) is 24.6 Å². The standard InChI is InChI=1S/C19H24N4O2S/c1-3-25-15-6-4-14(5-7-15)12-18(24)22-10-8-17-16(22)9-11-23(17)19-21-20-13(2)26-19/h4-7,16-17H,3,8-12H2,1-2H3/t16-,17-/m0/s1. The van der Waals surface area contributed by atoms with Crippen molar-refractivity contribution < 1.29 is 9.53 Å². The Bertz CT molecular complexity index is 776. The Labute approximate surface area is 157 Å². The molecule has 0 saturated carbocycles. The van der Waals surface area contributed by atoms with E-state index in [0.717, 1.165) is 47.4 Å². The maximum atomic E-state index is 12.9. The lowest BCUT2D eigenvalue weighted by atomic mass is 10.1. The first-order valence-electron chi connectivity index (χ1n) is 9.23. The van der Waals surface area contributed by atoms with Crippen molar-refractivity contribution in [3.63, 3.8) is 0 Å². The van der Waals surface area contributed by atoms with E-state index in [-0.39, 0.29) is 5.91 Å². The highest BCUT2D eigenvalue weighted by Gasteiger charge is 2.45. The van der Waals surface area contributed by atoms with Gasteiger partial charge >= 0.3 is 0 Å². The van der Waals surface area contributed by atoms with Crippen molar-refractivity contribution in [3.8, 4) is 5.75 Å². The van der Waals surface area contributed by atoms with Crippen molar-refractivity contribution in [1.82, 2.24) is 15.1 Å². The molecule has 6 nitrogen and oxygen atoms in total. The van der Waals surface area contributed by atoms with Gasteiger partial charge in [-0.15, -0.1) is 10.2 Å². The summed E-state index contributed by atoms with van der Waals surface area (Å²) in [6.45, 7) is 6.39. The maximum Gasteiger partial charge on any atom is 0.227 e. The van der Waals surface area contributed by atoms with E-state index >= 15 is 0 Å². The Morgan fingerprint density at radius 2 is 1.96 bits per heavy atom. The third-order valence-electron chi connectivity index (χ3n) is 5.25. The fraction of sp³-hybridized carbons (Fsp3) is 0.526. The average molecular weight is 372 g/mol. The molecule has 1 aromatic carbocycles. The Morgan fingerprint density at radius 1 is 1.19 bits per heavy atom. The van der Waals surface area contributed by atoms with E-state index in [1.165, 1.54) is 0 Å². The average Bonchev–Trinajstić information content (AvgIpc) is 3.32. The van der Waals surface area contributed by atoms with Crippen molar-refractivity contribution in [2.24, 2.45) is 0 Å². The van der Waals surface area contributed by atoms with Gasteiger partial charge in [-0.25, -0.2) is 0 Å². The number of carbonyl (C=O) groups excluding carboxylic acids is 1. The Hall–Kier alpha value is -2.15. The lowest BCUT2D eigenvalue weighted by molar-refractivity contribution is -0.131. The minimum Gasteiger partial charge on any atom is -0.494 e. The minimum atomic E-state index is 0.219. The number of hydrogen-bond acceptors (Lipinski definition) is 6. The van der Waals surface area contributed by atoms with Gasteiger partial charge in [0.25, 0.3) is 0 Å². The second-order valence-corrected chi connectivity index (χ2v) is 8.01. The number of aryl methyl sites for hydroxylation is 1. The van der Waals surface area contributed by atoms with Gasteiger partial charge in [0, 0.05) is 13.1 Å². The topological polar surface area (TPSA) is 58.6 Å². The molecule has 2 aromatic rings. The normalized spacial score (nSPS) is 21.9. The van der Waals surface area contributed by atoms with E-state index in [4.69, 9.17) is 4.74 Å². The third kappa shape index (κ3) is 3.28. The molecule has 7 heteroatoms. The second kappa shape index (κ2) is 7.23. The zero-order valence-corrected chi connectivity index (χ0v) is 16.0. The number of aromatic nitrogens is 2. The van der Waals surface area contributed by atoms with Crippen molar-refractivity contribution in [1.29, 1.82) is 0 Å². The number of benzene rings is 1. The molecular weight excluding hydrogens is 348 g/mol. The second-order valence-electron chi connectivity index (χ2n) is 6.85. The first-order chi connectivity index (χ1) is 12.7. The highest BCUT2D eigenvalue weighted by molar-refractivity contribution is 7.15. The van der Waals surface area contributed by atoms with E-state index in [9.17, 15) is 4.79 Å². The molecule has 2 saturated heterocycles. The van der Waals surface area contributed by atoms with Crippen LogP contribution < -0.4 is 9.64 Å². The van der Waals surface area contributed by atoms with Crippen LogP contribution in [0.2, 0.25) is 0 Å². The number of carbonyl (C=O) groups is 1. The van der Waals surface area contributed by atoms with Crippen LogP contribution in [0.5, 0.6) is 5.75 Å². The van der Waals surface area contributed by atoms with Gasteiger partial charge in [-0.1, -0.05) is 23.5 Å². The molecule has 2 aliphatic heterocycles. The Balaban J connectivity index is 1.40. The molecule has 2 fully saturated rings. The molecule has 0 spiro atoms. The maximum absolute atomic E-state index is 12.9. The third-order valence-corrected chi connectivity index (χ3v) is 6.12. The largest absolute Gasteiger partial charge is 0.494 e. The summed E-state index contributed by atoms with van der Waals surface area (Å²) in [4.78, 5) is 17.3. The van der Waals surface area contributed by atoms with Gasteiger partial charge in [-0.05, 0) is 44.4 Å². The number of hydrogen-bond donors (Lipinski definition) is 0. The monoisotopic (exact) mass is 372 g/mol. The number of ether oxygens (including phenoxy) is 1. The molecule has 0 N–H and O–H groups in total. The molecule has 26 heavy (non-hydrogen) atoms. The summed E-state index contributed by atoms with van der Waals surface area (Å²) >= 11 is 1.64. The highest BCUT2D eigenvalue weighted by Crippen LogP contribution is 2.36. The van der Waals surface area contributed by atoms with Gasteiger partial charge in [0.2, 0.25) is 11.0 Å². The lowest BCUT2D eigenvalue weighted by Gasteiger charge is -2.25. The highest BCUT2D eigenvalue weighted by atomic mass is 32.1. The Kier molecular flexibility index (Phi) is 4.80. The molecule has 1 aromatic heterocycles. The fourth-order valence-corrected chi connectivity index (χ4v) is 4.85. The van der Waals surface area contributed by atoms with Crippen LogP contribution in [0, 0.1) is 6.92 Å². The zero-order valence-electron chi connectivity index (χ0n) is 15.2. The molecule has 1 amide bonds. The first-order valence-corrected chi connectivity index (χ1v) is 10.1. The summed E-state index contributed by atoms with van der Waals surface area (Å²) in [6, 6.07) is 8.53. The van der Waals surface area contributed by atoms with Crippen LogP contribution in [-0.2, 0) is 11.2 Å². The summed E-state index contributed by atoms with van der Waals surface area (Å²) in [6.07, 6.45) is 2.48. The van der Waals surface area contributed by atoms with Crippen LogP contribution in [0.4, 0.5) is 5.13 Å². The summed E-state index contributed by atoms with van der Waals surface area (Å²) in [5, 5.41) is 10.4.